The molecule has 0 aliphatic carbocycles. The fraction of sp³-hybridized carbons (Fsp3) is 0.105. The molecule has 0 saturated carbocycles. The number of nitrogens with one attached hydrogen (secondary N) is 3. The number of carbonyl (C=O) groups is 3. The number of nitro groups is 1. The number of nitro benzene ring substituents is 1. The molecular weight excluding hydrogens is 364 g/mol. The highest BCUT2D eigenvalue weighted by molar-refractivity contribution is 6.08. The van der Waals surface area contributed by atoms with Crippen molar-refractivity contribution >= 4 is 40.9 Å². The van der Waals surface area contributed by atoms with E-state index in [1.807, 2.05) is 0 Å². The minimum atomic E-state index is -0.623. The topological polar surface area (TPSA) is 130 Å². The number of benzene rings is 2. The van der Waals surface area contributed by atoms with Crippen LogP contribution in [0.2, 0.25) is 0 Å². The van der Waals surface area contributed by atoms with Gasteiger partial charge >= 0.3 is 0 Å². The van der Waals surface area contributed by atoms with Crippen LogP contribution in [-0.4, -0.2) is 22.6 Å². The van der Waals surface area contributed by atoms with Crippen molar-refractivity contribution < 1.29 is 19.3 Å². The third-order valence-corrected chi connectivity index (χ3v) is 3.39. The summed E-state index contributed by atoms with van der Waals surface area (Å²) in [5, 5.41) is 18.5. The Morgan fingerprint density at radius 1 is 0.929 bits per heavy atom. The normalized spacial score (nSPS) is 10.7. The Balaban J connectivity index is 2.29. The molecule has 0 saturated heterocycles. The average molecular weight is 382 g/mol. The second kappa shape index (κ2) is 9.08. The van der Waals surface area contributed by atoms with Crippen LogP contribution in [0.4, 0.5) is 17.1 Å². The molecule has 0 aromatic heterocycles. The predicted octanol–water partition coefficient (Wildman–Crippen LogP) is 2.67. The molecule has 2 aromatic rings. The van der Waals surface area contributed by atoms with Crippen molar-refractivity contribution in [3.05, 3.63) is 69.9 Å². The Bertz CT molecular complexity index is 968. The molecule has 0 radical (unpaired) electrons. The average Bonchev–Trinajstić information content (AvgIpc) is 2.60. The summed E-state index contributed by atoms with van der Waals surface area (Å²) in [5.74, 6) is -1.35. The van der Waals surface area contributed by atoms with Crippen LogP contribution < -0.4 is 16.0 Å². The molecule has 0 spiro atoms. The highest BCUT2D eigenvalue weighted by Crippen LogP contribution is 2.18. The van der Waals surface area contributed by atoms with Crippen LogP contribution in [0.25, 0.3) is 6.08 Å². The molecule has 0 heterocycles. The molecule has 9 heteroatoms. The monoisotopic (exact) mass is 382 g/mol. The number of rotatable bonds is 6. The summed E-state index contributed by atoms with van der Waals surface area (Å²) >= 11 is 0. The third-order valence-electron chi connectivity index (χ3n) is 3.39. The van der Waals surface area contributed by atoms with Crippen LogP contribution in [0.3, 0.4) is 0 Å². The van der Waals surface area contributed by atoms with Crippen LogP contribution >= 0.6 is 0 Å². The lowest BCUT2D eigenvalue weighted by molar-refractivity contribution is -0.384. The molecule has 3 amide bonds. The molecule has 0 fully saturated rings. The lowest BCUT2D eigenvalue weighted by Crippen LogP contribution is -2.29. The van der Waals surface area contributed by atoms with Gasteiger partial charge in [-0.3, -0.25) is 24.5 Å². The van der Waals surface area contributed by atoms with Gasteiger partial charge in [-0.1, -0.05) is 18.2 Å². The summed E-state index contributed by atoms with van der Waals surface area (Å²) in [6, 6.07) is 12.1. The highest BCUT2D eigenvalue weighted by Gasteiger charge is 2.13. The molecule has 0 bridgehead atoms. The van der Waals surface area contributed by atoms with Gasteiger partial charge in [0.2, 0.25) is 11.8 Å². The van der Waals surface area contributed by atoms with Crippen molar-refractivity contribution in [1.82, 2.24) is 5.32 Å². The molecule has 0 atom stereocenters. The van der Waals surface area contributed by atoms with E-state index >= 15 is 0 Å². The first-order valence-electron chi connectivity index (χ1n) is 8.17. The van der Waals surface area contributed by atoms with Crippen molar-refractivity contribution in [2.45, 2.75) is 13.8 Å². The van der Waals surface area contributed by atoms with Crippen molar-refractivity contribution in [3.63, 3.8) is 0 Å². The second-order valence-electron chi connectivity index (χ2n) is 5.81. The number of nitrogens with zero attached hydrogens (tertiary/aromatic N) is 1. The number of non-ortho nitro benzene ring substituents is 1. The van der Waals surface area contributed by atoms with Gasteiger partial charge in [0.15, 0.2) is 0 Å². The maximum absolute atomic E-state index is 12.6. The molecular formula is C19H18N4O5. The van der Waals surface area contributed by atoms with Crippen LogP contribution in [0.1, 0.15) is 19.4 Å². The van der Waals surface area contributed by atoms with Crippen LogP contribution in [0.5, 0.6) is 0 Å². The maximum atomic E-state index is 12.6. The van der Waals surface area contributed by atoms with Gasteiger partial charge in [0.1, 0.15) is 5.70 Å². The first-order valence-corrected chi connectivity index (χ1v) is 8.17. The SMILES string of the molecule is CC(=O)N/C(=C\c1cccc([N+](=O)[O-])c1)C(=O)Nc1cccc(NC(C)=O)c1. The van der Waals surface area contributed by atoms with E-state index in [1.165, 1.54) is 38.1 Å². The highest BCUT2D eigenvalue weighted by atomic mass is 16.6. The smallest absolute Gasteiger partial charge is 0.272 e. The van der Waals surface area contributed by atoms with Crippen molar-refractivity contribution in [3.8, 4) is 0 Å². The van der Waals surface area contributed by atoms with Crippen LogP contribution in [-0.2, 0) is 14.4 Å². The molecule has 28 heavy (non-hydrogen) atoms. The van der Waals surface area contributed by atoms with E-state index in [-0.39, 0.29) is 17.3 Å². The number of amides is 3. The Hall–Kier alpha value is -4.01. The predicted molar refractivity (Wildman–Crippen MR) is 104 cm³/mol. The number of hydrogen-bond acceptors (Lipinski definition) is 5. The molecule has 2 aromatic carbocycles. The van der Waals surface area contributed by atoms with Crippen molar-refractivity contribution in [2.24, 2.45) is 0 Å². The fourth-order valence-electron chi connectivity index (χ4n) is 2.32. The molecule has 9 nitrogen and oxygen atoms in total. The van der Waals surface area contributed by atoms with Gasteiger partial charge in [0.25, 0.3) is 11.6 Å². The van der Waals surface area contributed by atoms with E-state index in [1.54, 1.807) is 30.3 Å². The Labute approximate surface area is 160 Å². The molecule has 2 rings (SSSR count). The molecule has 144 valence electrons. The number of hydrogen-bond donors (Lipinski definition) is 3. The van der Waals surface area contributed by atoms with Gasteiger partial charge in [0, 0.05) is 37.4 Å². The second-order valence-corrected chi connectivity index (χ2v) is 5.81. The summed E-state index contributed by atoms with van der Waals surface area (Å²) in [4.78, 5) is 45.6. The van der Waals surface area contributed by atoms with Crippen LogP contribution in [0.15, 0.2) is 54.2 Å². The van der Waals surface area contributed by atoms with Gasteiger partial charge in [-0.2, -0.15) is 0 Å². The Kier molecular flexibility index (Phi) is 6.58. The van der Waals surface area contributed by atoms with Gasteiger partial charge in [-0.25, -0.2) is 0 Å². The first kappa shape index (κ1) is 20.3. The quantitative estimate of drug-likeness (QED) is 0.402. The number of anilines is 2. The molecule has 3 N–H and O–H groups in total. The minimum Gasteiger partial charge on any atom is -0.326 e. The van der Waals surface area contributed by atoms with E-state index in [9.17, 15) is 24.5 Å². The fourth-order valence-corrected chi connectivity index (χ4v) is 2.32. The van der Waals surface area contributed by atoms with E-state index in [0.29, 0.717) is 16.9 Å². The van der Waals surface area contributed by atoms with Gasteiger partial charge < -0.3 is 16.0 Å². The zero-order chi connectivity index (χ0) is 20.7. The van der Waals surface area contributed by atoms with Gasteiger partial charge in [-0.15, -0.1) is 0 Å². The van der Waals surface area contributed by atoms with Crippen LogP contribution in [0, 0.1) is 10.1 Å². The summed E-state index contributed by atoms with van der Waals surface area (Å²) in [6.45, 7) is 2.61. The standard InChI is InChI=1S/C19H18N4O5/c1-12(24)20-15-6-4-7-16(11-15)22-19(26)18(21-13(2)25)10-14-5-3-8-17(9-14)23(27)28/h3-11H,1-2H3,(H,20,24)(H,21,25)(H,22,26)/b18-10-. The largest absolute Gasteiger partial charge is 0.326 e. The summed E-state index contributed by atoms with van der Waals surface area (Å²) in [6.07, 6.45) is 1.33. The Morgan fingerprint density at radius 2 is 1.57 bits per heavy atom. The van der Waals surface area contributed by atoms with E-state index in [4.69, 9.17) is 0 Å². The zero-order valence-corrected chi connectivity index (χ0v) is 15.2. The van der Waals surface area contributed by atoms with Crippen molar-refractivity contribution in [2.75, 3.05) is 10.6 Å². The lowest BCUT2D eigenvalue weighted by Gasteiger charge is -2.11. The van der Waals surface area contributed by atoms with Gasteiger partial charge in [0.05, 0.1) is 4.92 Å². The van der Waals surface area contributed by atoms with E-state index < -0.39 is 16.7 Å². The first-order chi connectivity index (χ1) is 13.2. The van der Waals surface area contributed by atoms with E-state index in [0.717, 1.165) is 0 Å². The van der Waals surface area contributed by atoms with Gasteiger partial charge in [-0.05, 0) is 29.8 Å². The molecule has 0 unspecified atom stereocenters. The molecule has 0 aliphatic rings. The minimum absolute atomic E-state index is 0.0853. The maximum Gasteiger partial charge on any atom is 0.272 e. The molecule has 0 aliphatic heterocycles. The lowest BCUT2D eigenvalue weighted by atomic mass is 10.1. The summed E-state index contributed by atoms with van der Waals surface area (Å²) < 4.78 is 0. The number of carbonyl (C=O) groups excluding carboxylic acids is 3. The van der Waals surface area contributed by atoms with Crippen molar-refractivity contribution in [1.29, 1.82) is 0 Å². The Morgan fingerprint density at radius 3 is 2.18 bits per heavy atom. The van der Waals surface area contributed by atoms with E-state index in [2.05, 4.69) is 16.0 Å². The summed E-state index contributed by atoms with van der Waals surface area (Å²) in [7, 11) is 0. The summed E-state index contributed by atoms with van der Waals surface area (Å²) in [5.41, 5.74) is 1.04. The zero-order valence-electron chi connectivity index (χ0n) is 15.2. The third kappa shape index (κ3) is 6.06.